The number of aromatic amines is 1. The van der Waals surface area contributed by atoms with Gasteiger partial charge in [-0.2, -0.15) is 0 Å². The van der Waals surface area contributed by atoms with E-state index in [0.29, 0.717) is 19.6 Å². The predicted molar refractivity (Wildman–Crippen MR) is 113 cm³/mol. The summed E-state index contributed by atoms with van der Waals surface area (Å²) >= 11 is 0. The van der Waals surface area contributed by atoms with Crippen LogP contribution in [0, 0.1) is 24.2 Å². The molecule has 5 rings (SSSR count). The quantitative estimate of drug-likeness (QED) is 0.768. The van der Waals surface area contributed by atoms with E-state index in [0.717, 1.165) is 23.1 Å². The van der Waals surface area contributed by atoms with Gasteiger partial charge < -0.3 is 9.88 Å². The first-order valence-corrected chi connectivity index (χ1v) is 10.6. The van der Waals surface area contributed by atoms with Crippen molar-refractivity contribution in [1.29, 1.82) is 0 Å². The number of benzene rings is 1. The van der Waals surface area contributed by atoms with E-state index in [2.05, 4.69) is 27.9 Å². The van der Waals surface area contributed by atoms with Crippen LogP contribution in [0.25, 0.3) is 16.5 Å². The zero-order chi connectivity index (χ0) is 21.0. The predicted octanol–water partition coefficient (Wildman–Crippen LogP) is 3.54. The normalized spacial score (nSPS) is 26.6. The van der Waals surface area contributed by atoms with E-state index in [1.807, 2.05) is 25.3 Å². The number of H-pyrrole nitrogens is 1. The van der Waals surface area contributed by atoms with Gasteiger partial charge in [0.15, 0.2) is 0 Å². The number of aromatic nitrogens is 1. The summed E-state index contributed by atoms with van der Waals surface area (Å²) < 4.78 is 27.5. The van der Waals surface area contributed by atoms with E-state index in [1.54, 1.807) is 4.90 Å². The summed E-state index contributed by atoms with van der Waals surface area (Å²) in [6, 6.07) is 6.14. The Kier molecular flexibility index (Phi) is 4.48. The Hall–Kier alpha value is -2.65. The van der Waals surface area contributed by atoms with Crippen molar-refractivity contribution in [2.45, 2.75) is 31.7 Å². The maximum Gasteiger partial charge on any atom is 0.252 e. The molecule has 2 aliphatic carbocycles. The molecule has 1 aromatic heterocycles. The molecule has 156 valence electrons. The largest absolute Gasteiger partial charge is 0.361 e. The van der Waals surface area contributed by atoms with Crippen molar-refractivity contribution < 1.29 is 13.6 Å². The maximum atomic E-state index is 13.7. The molecule has 3 aliphatic rings. The second-order valence-electron chi connectivity index (χ2n) is 8.66. The van der Waals surface area contributed by atoms with Gasteiger partial charge in [-0.05, 0) is 36.1 Å². The van der Waals surface area contributed by atoms with Gasteiger partial charge >= 0.3 is 0 Å². The fourth-order valence-electron chi connectivity index (χ4n) is 5.12. The third-order valence-corrected chi connectivity index (χ3v) is 6.83. The van der Waals surface area contributed by atoms with Crippen molar-refractivity contribution in [3.63, 3.8) is 0 Å². The number of hydrogen-bond donors (Lipinski definition) is 1. The number of rotatable bonds is 5. The number of fused-ring (bicyclic) bond motifs is 2. The maximum absolute atomic E-state index is 13.7. The number of halogens is 2. The summed E-state index contributed by atoms with van der Waals surface area (Å²) in [7, 11) is 0. The Morgan fingerprint density at radius 1 is 1.43 bits per heavy atom. The second-order valence-corrected chi connectivity index (χ2v) is 8.66. The van der Waals surface area contributed by atoms with Crippen LogP contribution in [0.4, 0.5) is 8.78 Å². The van der Waals surface area contributed by atoms with Crippen molar-refractivity contribution in [2.75, 3.05) is 26.2 Å². The summed E-state index contributed by atoms with van der Waals surface area (Å²) in [5, 5.41) is 1.18. The molecule has 2 heterocycles. The third-order valence-electron chi connectivity index (χ3n) is 6.83. The monoisotopic (exact) mass is 409 g/mol. The molecule has 2 aromatic rings. The van der Waals surface area contributed by atoms with Gasteiger partial charge in [0, 0.05) is 55.1 Å². The van der Waals surface area contributed by atoms with Crippen LogP contribution < -0.4 is 0 Å². The summed E-state index contributed by atoms with van der Waals surface area (Å²) in [4.78, 5) is 20.3. The Morgan fingerprint density at radius 3 is 2.93 bits per heavy atom. The molecular formula is C24H25F2N3O. The van der Waals surface area contributed by atoms with Crippen molar-refractivity contribution in [1.82, 2.24) is 14.8 Å². The van der Waals surface area contributed by atoms with E-state index < -0.39 is 11.8 Å². The first-order valence-electron chi connectivity index (χ1n) is 10.6. The fourth-order valence-corrected chi connectivity index (χ4v) is 5.12. The molecule has 0 radical (unpaired) electrons. The van der Waals surface area contributed by atoms with Crippen molar-refractivity contribution in [2.24, 2.45) is 11.8 Å². The van der Waals surface area contributed by atoms with Crippen LogP contribution in [0.2, 0.25) is 0 Å². The lowest BCUT2D eigenvalue weighted by Gasteiger charge is -2.42. The number of carbonyl (C=O) groups excluding carboxylic acids is 1. The Labute approximate surface area is 174 Å². The first kappa shape index (κ1) is 19.3. The van der Waals surface area contributed by atoms with Gasteiger partial charge in [-0.15, -0.1) is 6.42 Å². The van der Waals surface area contributed by atoms with Crippen molar-refractivity contribution in [3.05, 3.63) is 41.6 Å². The lowest BCUT2D eigenvalue weighted by atomic mass is 9.79. The zero-order valence-corrected chi connectivity index (χ0v) is 17.0. The molecule has 6 heteroatoms. The molecule has 1 N–H and O–H groups in total. The van der Waals surface area contributed by atoms with Crippen LogP contribution in [0.5, 0.6) is 0 Å². The second kappa shape index (κ2) is 6.95. The highest BCUT2D eigenvalue weighted by molar-refractivity contribution is 5.99. The van der Waals surface area contributed by atoms with Gasteiger partial charge in [-0.3, -0.25) is 9.69 Å². The van der Waals surface area contributed by atoms with E-state index in [9.17, 15) is 13.6 Å². The zero-order valence-electron chi connectivity index (χ0n) is 17.0. The number of amides is 1. The van der Waals surface area contributed by atoms with Gasteiger partial charge in [-0.1, -0.05) is 24.1 Å². The Balaban J connectivity index is 1.55. The minimum Gasteiger partial charge on any atom is -0.361 e. The molecule has 30 heavy (non-hydrogen) atoms. The molecule has 1 fully saturated rings. The van der Waals surface area contributed by atoms with Gasteiger partial charge in [0.1, 0.15) is 0 Å². The van der Waals surface area contributed by atoms with Crippen LogP contribution in [-0.4, -0.2) is 58.8 Å². The number of alkyl halides is 2. The Morgan fingerprint density at radius 2 is 2.23 bits per heavy atom. The molecule has 0 saturated heterocycles. The molecule has 1 unspecified atom stereocenters. The average Bonchev–Trinajstić information content (AvgIpc) is 3.13. The van der Waals surface area contributed by atoms with Gasteiger partial charge in [0.05, 0.1) is 12.5 Å². The smallest absolute Gasteiger partial charge is 0.252 e. The molecule has 3 atom stereocenters. The minimum absolute atomic E-state index is 0.0158. The highest BCUT2D eigenvalue weighted by Gasteiger charge is 2.57. The standard InChI is InChI=1S/C24H25F2N3O/c1-3-8-28(4-2)23(30)16-9-19-18-6-5-7-20-22(18)15(12-27-20)10-21(19)29(13-16)14-17-11-24(17,25)26/h1,5-7,9,12,16-17,21,27H,4,8,10-11,13-14H2,2H3/t16-,17?,21-/m1/s1. The number of hydrogen-bond acceptors (Lipinski definition) is 2. The SMILES string of the molecule is C#CCN(CC)C(=O)[C@@H]1C=C2c3cccc4[nH]cc(c34)C[C@H]2N(CC2CC2(F)F)C1. The van der Waals surface area contributed by atoms with Crippen LogP contribution in [0.15, 0.2) is 30.5 Å². The van der Waals surface area contributed by atoms with Crippen molar-refractivity contribution >= 4 is 22.4 Å². The molecule has 0 bridgehead atoms. The Bertz CT molecular complexity index is 1080. The van der Waals surface area contributed by atoms with Crippen molar-refractivity contribution in [3.8, 4) is 12.3 Å². The first-order chi connectivity index (χ1) is 14.4. The van der Waals surface area contributed by atoms with E-state index in [1.165, 1.54) is 10.9 Å². The number of carbonyl (C=O) groups is 1. The third kappa shape index (κ3) is 3.04. The van der Waals surface area contributed by atoms with Gasteiger partial charge in [-0.25, -0.2) is 8.78 Å². The lowest BCUT2D eigenvalue weighted by molar-refractivity contribution is -0.134. The minimum atomic E-state index is -2.58. The van der Waals surface area contributed by atoms with Crippen LogP contribution in [0.3, 0.4) is 0 Å². The van der Waals surface area contributed by atoms with Crippen LogP contribution in [-0.2, 0) is 11.2 Å². The molecular weight excluding hydrogens is 384 g/mol. The number of nitrogens with one attached hydrogen (secondary N) is 1. The topological polar surface area (TPSA) is 39.3 Å². The molecule has 4 nitrogen and oxygen atoms in total. The summed E-state index contributed by atoms with van der Waals surface area (Å²) in [5.74, 6) is -1.05. The highest BCUT2D eigenvalue weighted by Crippen LogP contribution is 2.50. The average molecular weight is 409 g/mol. The molecule has 1 aromatic carbocycles. The summed E-state index contributed by atoms with van der Waals surface area (Å²) in [6.07, 6.45) is 10.2. The van der Waals surface area contributed by atoms with E-state index in [4.69, 9.17) is 6.42 Å². The molecule has 1 aliphatic heterocycles. The van der Waals surface area contributed by atoms with Gasteiger partial charge in [0.25, 0.3) is 5.92 Å². The number of nitrogens with zero attached hydrogens (tertiary/aromatic N) is 2. The summed E-state index contributed by atoms with van der Waals surface area (Å²) in [6.45, 7) is 3.47. The van der Waals surface area contributed by atoms with Gasteiger partial charge in [0.2, 0.25) is 5.91 Å². The molecule has 1 saturated carbocycles. The van der Waals surface area contributed by atoms with E-state index >= 15 is 0 Å². The van der Waals surface area contributed by atoms with Crippen LogP contribution in [0.1, 0.15) is 24.5 Å². The molecule has 0 spiro atoms. The number of terminal acetylenes is 1. The van der Waals surface area contributed by atoms with E-state index in [-0.39, 0.29) is 30.8 Å². The fraction of sp³-hybridized carbons (Fsp3) is 0.458. The summed E-state index contributed by atoms with van der Waals surface area (Å²) in [5.41, 5.74) is 4.46. The molecule has 1 amide bonds. The highest BCUT2D eigenvalue weighted by atomic mass is 19.3. The lowest BCUT2D eigenvalue weighted by Crippen LogP contribution is -2.50. The van der Waals surface area contributed by atoms with Crippen LogP contribution >= 0.6 is 0 Å².